The number of hydrogen-bond acceptors (Lipinski definition) is 5. The number of likely N-dealkylation sites (N-methyl/N-ethyl adjacent to an activating group) is 1. The smallest absolute Gasteiger partial charge is 0.257 e. The lowest BCUT2D eigenvalue weighted by Gasteiger charge is -2.14. The molecule has 1 fully saturated rings. The van der Waals surface area contributed by atoms with Gasteiger partial charge < -0.3 is 25.4 Å². The van der Waals surface area contributed by atoms with E-state index in [1.165, 1.54) is 0 Å². The predicted octanol–water partition coefficient (Wildman–Crippen LogP) is 0.578. The van der Waals surface area contributed by atoms with E-state index in [0.717, 1.165) is 24.9 Å². The number of amides is 2. The van der Waals surface area contributed by atoms with Crippen LogP contribution in [-0.2, 0) is 16.1 Å². The molecule has 1 unspecified atom stereocenters. The first kappa shape index (κ1) is 18.1. The van der Waals surface area contributed by atoms with Gasteiger partial charge in [0.15, 0.2) is 18.1 Å². The van der Waals surface area contributed by atoms with Crippen molar-refractivity contribution < 1.29 is 19.1 Å². The van der Waals surface area contributed by atoms with Crippen molar-refractivity contribution in [3.05, 3.63) is 23.8 Å². The van der Waals surface area contributed by atoms with Crippen LogP contribution in [0.1, 0.15) is 25.3 Å². The van der Waals surface area contributed by atoms with Crippen LogP contribution in [0.2, 0.25) is 0 Å². The quantitative estimate of drug-likeness (QED) is 0.647. The van der Waals surface area contributed by atoms with Crippen molar-refractivity contribution in [2.24, 2.45) is 0 Å². The van der Waals surface area contributed by atoms with E-state index in [2.05, 4.69) is 16.0 Å². The predicted molar refractivity (Wildman–Crippen MR) is 90.0 cm³/mol. The molecule has 0 bridgehead atoms. The molecule has 24 heavy (non-hydrogen) atoms. The molecule has 0 aromatic heterocycles. The van der Waals surface area contributed by atoms with Crippen LogP contribution in [0, 0.1) is 0 Å². The van der Waals surface area contributed by atoms with E-state index in [4.69, 9.17) is 9.47 Å². The molecule has 2 amide bonds. The minimum atomic E-state index is -0.181. The van der Waals surface area contributed by atoms with Gasteiger partial charge in [-0.1, -0.05) is 6.07 Å². The SMILES string of the molecule is CCNC(=O)COc1ccc(CNC(=O)C2CCCN2)cc1OC. The summed E-state index contributed by atoms with van der Waals surface area (Å²) in [6.07, 6.45) is 1.91. The summed E-state index contributed by atoms with van der Waals surface area (Å²) in [5, 5.41) is 8.75. The van der Waals surface area contributed by atoms with Crippen molar-refractivity contribution in [2.75, 3.05) is 26.8 Å². The van der Waals surface area contributed by atoms with Crippen molar-refractivity contribution in [1.29, 1.82) is 0 Å². The molecule has 0 spiro atoms. The molecule has 7 nitrogen and oxygen atoms in total. The number of methoxy groups -OCH3 is 1. The number of carbonyl (C=O) groups excluding carboxylic acids is 2. The highest BCUT2D eigenvalue weighted by Crippen LogP contribution is 2.28. The second-order valence-corrected chi connectivity index (χ2v) is 5.59. The fourth-order valence-corrected chi connectivity index (χ4v) is 2.55. The van der Waals surface area contributed by atoms with E-state index < -0.39 is 0 Å². The maximum atomic E-state index is 12.0. The summed E-state index contributed by atoms with van der Waals surface area (Å²) in [5.41, 5.74) is 0.906. The molecule has 1 saturated heterocycles. The van der Waals surface area contributed by atoms with E-state index >= 15 is 0 Å². The van der Waals surface area contributed by atoms with Crippen molar-refractivity contribution in [3.8, 4) is 11.5 Å². The van der Waals surface area contributed by atoms with Gasteiger partial charge in [-0.2, -0.15) is 0 Å². The number of carbonyl (C=O) groups is 2. The van der Waals surface area contributed by atoms with Gasteiger partial charge in [0, 0.05) is 13.1 Å². The van der Waals surface area contributed by atoms with Crippen molar-refractivity contribution in [1.82, 2.24) is 16.0 Å². The molecule has 1 aromatic rings. The summed E-state index contributed by atoms with van der Waals surface area (Å²) < 4.78 is 10.8. The van der Waals surface area contributed by atoms with Crippen LogP contribution in [0.5, 0.6) is 11.5 Å². The third kappa shape index (κ3) is 5.13. The average Bonchev–Trinajstić information content (AvgIpc) is 3.13. The maximum Gasteiger partial charge on any atom is 0.257 e. The first-order chi connectivity index (χ1) is 11.6. The monoisotopic (exact) mass is 335 g/mol. The Kier molecular flexibility index (Phi) is 6.87. The molecular weight excluding hydrogens is 310 g/mol. The minimum absolute atomic E-state index is 0.0167. The third-order valence-corrected chi connectivity index (χ3v) is 3.80. The second-order valence-electron chi connectivity index (χ2n) is 5.59. The van der Waals surface area contributed by atoms with Gasteiger partial charge in [-0.25, -0.2) is 0 Å². The molecule has 0 aliphatic carbocycles. The summed E-state index contributed by atoms with van der Waals surface area (Å²) in [6, 6.07) is 5.30. The summed E-state index contributed by atoms with van der Waals surface area (Å²) >= 11 is 0. The Morgan fingerprint density at radius 1 is 1.29 bits per heavy atom. The van der Waals surface area contributed by atoms with Gasteiger partial charge in [-0.15, -0.1) is 0 Å². The molecule has 0 saturated carbocycles. The Morgan fingerprint density at radius 3 is 2.79 bits per heavy atom. The number of nitrogens with one attached hydrogen (secondary N) is 3. The lowest BCUT2D eigenvalue weighted by molar-refractivity contribution is -0.123. The maximum absolute atomic E-state index is 12.0. The first-order valence-corrected chi connectivity index (χ1v) is 8.21. The van der Waals surface area contributed by atoms with Gasteiger partial charge in [0.1, 0.15) is 0 Å². The van der Waals surface area contributed by atoms with E-state index in [0.29, 0.717) is 24.6 Å². The Morgan fingerprint density at radius 2 is 2.12 bits per heavy atom. The minimum Gasteiger partial charge on any atom is -0.493 e. The Hall–Kier alpha value is -2.28. The van der Waals surface area contributed by atoms with Gasteiger partial charge in [-0.05, 0) is 44.0 Å². The van der Waals surface area contributed by atoms with Crippen LogP contribution in [0.15, 0.2) is 18.2 Å². The van der Waals surface area contributed by atoms with Gasteiger partial charge in [0.25, 0.3) is 5.91 Å². The molecule has 7 heteroatoms. The van der Waals surface area contributed by atoms with E-state index in [1.54, 1.807) is 19.2 Å². The zero-order valence-corrected chi connectivity index (χ0v) is 14.2. The zero-order valence-electron chi connectivity index (χ0n) is 14.2. The van der Waals surface area contributed by atoms with E-state index in [9.17, 15) is 9.59 Å². The molecule has 1 heterocycles. The van der Waals surface area contributed by atoms with Crippen LogP contribution in [0.3, 0.4) is 0 Å². The van der Waals surface area contributed by atoms with E-state index in [1.807, 2.05) is 13.0 Å². The molecule has 1 aliphatic rings. The van der Waals surface area contributed by atoms with Crippen LogP contribution in [-0.4, -0.2) is 44.7 Å². The number of ether oxygens (including phenoxy) is 2. The van der Waals surface area contributed by atoms with Crippen LogP contribution < -0.4 is 25.4 Å². The Bertz CT molecular complexity index is 571. The molecule has 2 rings (SSSR count). The fraction of sp³-hybridized carbons (Fsp3) is 0.529. The summed E-state index contributed by atoms with van der Waals surface area (Å²) in [5.74, 6) is 0.865. The lowest BCUT2D eigenvalue weighted by Crippen LogP contribution is -2.39. The summed E-state index contributed by atoms with van der Waals surface area (Å²) in [4.78, 5) is 23.5. The van der Waals surface area contributed by atoms with Gasteiger partial charge in [-0.3, -0.25) is 9.59 Å². The highest BCUT2D eigenvalue weighted by atomic mass is 16.5. The van der Waals surface area contributed by atoms with Gasteiger partial charge >= 0.3 is 0 Å². The van der Waals surface area contributed by atoms with Gasteiger partial charge in [0.05, 0.1) is 13.2 Å². The molecular formula is C17H25N3O4. The topological polar surface area (TPSA) is 88.7 Å². The van der Waals surface area contributed by atoms with Crippen molar-refractivity contribution in [3.63, 3.8) is 0 Å². The zero-order chi connectivity index (χ0) is 17.4. The van der Waals surface area contributed by atoms with Crippen LogP contribution in [0.25, 0.3) is 0 Å². The largest absolute Gasteiger partial charge is 0.493 e. The fourth-order valence-electron chi connectivity index (χ4n) is 2.55. The molecule has 132 valence electrons. The molecule has 1 aliphatic heterocycles. The number of benzene rings is 1. The van der Waals surface area contributed by atoms with E-state index in [-0.39, 0.29) is 24.5 Å². The van der Waals surface area contributed by atoms with Crippen LogP contribution >= 0.6 is 0 Å². The Labute approximate surface area is 142 Å². The summed E-state index contributed by atoms with van der Waals surface area (Å²) in [7, 11) is 1.54. The third-order valence-electron chi connectivity index (χ3n) is 3.80. The standard InChI is InChI=1S/C17H25N3O4/c1-3-18-16(21)11-24-14-7-6-12(9-15(14)23-2)10-20-17(22)13-5-4-8-19-13/h6-7,9,13,19H,3-5,8,10-11H2,1-2H3,(H,18,21)(H,20,22). The summed E-state index contributed by atoms with van der Waals surface area (Å²) in [6.45, 7) is 3.66. The second kappa shape index (κ2) is 9.12. The average molecular weight is 335 g/mol. The van der Waals surface area contributed by atoms with Gasteiger partial charge in [0.2, 0.25) is 5.91 Å². The Balaban J connectivity index is 1.90. The van der Waals surface area contributed by atoms with Crippen molar-refractivity contribution in [2.45, 2.75) is 32.4 Å². The highest BCUT2D eigenvalue weighted by Gasteiger charge is 2.21. The molecule has 1 atom stereocenters. The molecule has 3 N–H and O–H groups in total. The molecule has 0 radical (unpaired) electrons. The molecule has 1 aromatic carbocycles. The lowest BCUT2D eigenvalue weighted by atomic mass is 10.1. The highest BCUT2D eigenvalue weighted by molar-refractivity contribution is 5.82. The number of hydrogen-bond donors (Lipinski definition) is 3. The van der Waals surface area contributed by atoms with Crippen molar-refractivity contribution >= 4 is 11.8 Å². The van der Waals surface area contributed by atoms with Crippen LogP contribution in [0.4, 0.5) is 0 Å². The normalized spacial score (nSPS) is 16.5. The number of rotatable bonds is 8. The first-order valence-electron chi connectivity index (χ1n) is 8.21.